The number of fused-ring (bicyclic) bond motifs is 2. The number of benzene rings is 2. The van der Waals surface area contributed by atoms with Crippen LogP contribution in [-0.4, -0.2) is 28.1 Å². The smallest absolute Gasteiger partial charge is 0.271 e. The number of nitrogens with one attached hydrogen (secondary N) is 2. The van der Waals surface area contributed by atoms with Gasteiger partial charge in [0, 0.05) is 17.0 Å². The van der Waals surface area contributed by atoms with Crippen LogP contribution in [0.25, 0.3) is 22.0 Å². The van der Waals surface area contributed by atoms with Gasteiger partial charge in [-0.05, 0) is 48.9 Å². The molecule has 146 valence electrons. The average Bonchev–Trinajstić information content (AvgIpc) is 3.48. The van der Waals surface area contributed by atoms with Crippen molar-refractivity contribution in [1.29, 1.82) is 0 Å². The maximum atomic E-state index is 11.9. The van der Waals surface area contributed by atoms with Crippen LogP contribution in [0.1, 0.15) is 35.8 Å². The Bertz CT molecular complexity index is 1170. The average molecular weight is 387 g/mol. The Morgan fingerprint density at radius 2 is 2.07 bits per heavy atom. The fourth-order valence-electron chi connectivity index (χ4n) is 4.03. The predicted octanol–water partition coefficient (Wildman–Crippen LogP) is 3.10. The Kier molecular flexibility index (Phi) is 3.97. The summed E-state index contributed by atoms with van der Waals surface area (Å²) >= 11 is 0. The molecule has 1 unspecified atom stereocenters. The van der Waals surface area contributed by atoms with Crippen LogP contribution >= 0.6 is 0 Å². The van der Waals surface area contributed by atoms with Crippen molar-refractivity contribution < 1.29 is 9.59 Å². The van der Waals surface area contributed by atoms with Crippen molar-refractivity contribution in [2.24, 2.45) is 11.7 Å². The molecule has 0 bridgehead atoms. The van der Waals surface area contributed by atoms with E-state index in [0.29, 0.717) is 23.5 Å². The fourth-order valence-corrected chi connectivity index (χ4v) is 4.03. The summed E-state index contributed by atoms with van der Waals surface area (Å²) in [4.78, 5) is 23.7. The van der Waals surface area contributed by atoms with Gasteiger partial charge in [-0.2, -0.15) is 0 Å². The third-order valence-electron chi connectivity index (χ3n) is 5.77. The molecule has 7 nitrogen and oxygen atoms in total. The van der Waals surface area contributed by atoms with Gasteiger partial charge in [0.2, 0.25) is 5.91 Å². The third kappa shape index (κ3) is 3.08. The zero-order valence-electron chi connectivity index (χ0n) is 16.0. The minimum atomic E-state index is -0.599. The normalized spacial score (nSPS) is 16.4. The Morgan fingerprint density at radius 3 is 2.83 bits per heavy atom. The van der Waals surface area contributed by atoms with Crippen molar-refractivity contribution in [1.82, 2.24) is 10.2 Å². The maximum absolute atomic E-state index is 11.9. The van der Waals surface area contributed by atoms with Crippen LogP contribution in [0.15, 0.2) is 36.4 Å². The van der Waals surface area contributed by atoms with E-state index < -0.39 is 5.91 Å². The molecular weight excluding hydrogens is 366 g/mol. The number of hydrogen-bond donors (Lipinski definition) is 3. The molecule has 3 aromatic rings. The number of hydrogen-bond acceptors (Lipinski definition) is 5. The summed E-state index contributed by atoms with van der Waals surface area (Å²) in [6, 6.07) is 12.0. The molecule has 1 atom stereocenters. The van der Waals surface area contributed by atoms with Crippen molar-refractivity contribution in [2.75, 3.05) is 10.6 Å². The zero-order chi connectivity index (χ0) is 20.1. The fraction of sp³-hybridized carbons (Fsp3) is 0.273. The lowest BCUT2D eigenvalue weighted by Crippen LogP contribution is -2.23. The van der Waals surface area contributed by atoms with E-state index in [4.69, 9.17) is 5.73 Å². The van der Waals surface area contributed by atoms with Gasteiger partial charge < -0.3 is 16.4 Å². The van der Waals surface area contributed by atoms with Gasteiger partial charge >= 0.3 is 0 Å². The van der Waals surface area contributed by atoms with E-state index in [0.717, 1.165) is 27.8 Å². The molecule has 1 saturated carbocycles. The van der Waals surface area contributed by atoms with Gasteiger partial charge in [0.05, 0.1) is 23.3 Å². The molecule has 1 aromatic heterocycles. The molecule has 4 N–H and O–H groups in total. The zero-order valence-corrected chi connectivity index (χ0v) is 16.0. The van der Waals surface area contributed by atoms with E-state index in [1.807, 2.05) is 36.4 Å². The summed E-state index contributed by atoms with van der Waals surface area (Å²) in [6.07, 6.45) is 2.77. The van der Waals surface area contributed by atoms with E-state index in [-0.39, 0.29) is 17.6 Å². The van der Waals surface area contributed by atoms with Gasteiger partial charge in [-0.3, -0.25) is 9.59 Å². The van der Waals surface area contributed by atoms with Gasteiger partial charge in [0.1, 0.15) is 0 Å². The quantitative estimate of drug-likeness (QED) is 0.623. The SMILES string of the molecule is CC(Nc1c(C(N)=O)nnc2cc(-c3cccc4c3NC(=O)C4)ccc12)C1CC1. The molecule has 7 heteroatoms. The van der Waals surface area contributed by atoms with Crippen molar-refractivity contribution >= 4 is 34.1 Å². The molecule has 5 rings (SSSR count). The second kappa shape index (κ2) is 6.55. The molecule has 0 spiro atoms. The molecular formula is C22H21N5O2. The van der Waals surface area contributed by atoms with Crippen LogP contribution < -0.4 is 16.4 Å². The highest BCUT2D eigenvalue weighted by atomic mass is 16.2. The van der Waals surface area contributed by atoms with E-state index in [1.54, 1.807) is 0 Å². The second-order valence-corrected chi connectivity index (χ2v) is 7.85. The largest absolute Gasteiger partial charge is 0.380 e. The monoisotopic (exact) mass is 387 g/mol. The van der Waals surface area contributed by atoms with Crippen LogP contribution in [0.3, 0.4) is 0 Å². The number of carbonyl (C=O) groups excluding carboxylic acids is 2. The summed E-state index contributed by atoms with van der Waals surface area (Å²) in [7, 11) is 0. The Morgan fingerprint density at radius 1 is 1.24 bits per heavy atom. The van der Waals surface area contributed by atoms with Crippen molar-refractivity contribution in [3.05, 3.63) is 47.7 Å². The first-order valence-electron chi connectivity index (χ1n) is 9.80. The van der Waals surface area contributed by atoms with Crippen LogP contribution in [-0.2, 0) is 11.2 Å². The van der Waals surface area contributed by atoms with Gasteiger partial charge in [-0.1, -0.05) is 24.3 Å². The Hall–Kier alpha value is -3.48. The van der Waals surface area contributed by atoms with Crippen LogP contribution in [0.4, 0.5) is 11.4 Å². The molecule has 1 aliphatic carbocycles. The van der Waals surface area contributed by atoms with Crippen molar-refractivity contribution in [2.45, 2.75) is 32.2 Å². The van der Waals surface area contributed by atoms with E-state index in [1.165, 1.54) is 12.8 Å². The summed E-state index contributed by atoms with van der Waals surface area (Å²) in [5.41, 5.74) is 10.7. The molecule has 0 saturated heterocycles. The first-order valence-corrected chi connectivity index (χ1v) is 9.80. The first-order chi connectivity index (χ1) is 14.0. The van der Waals surface area contributed by atoms with Crippen molar-refractivity contribution in [3.63, 3.8) is 0 Å². The molecule has 2 heterocycles. The number of amides is 2. The molecule has 2 aromatic carbocycles. The van der Waals surface area contributed by atoms with Crippen molar-refractivity contribution in [3.8, 4) is 11.1 Å². The molecule has 0 radical (unpaired) electrons. The van der Waals surface area contributed by atoms with E-state index in [2.05, 4.69) is 27.8 Å². The minimum Gasteiger partial charge on any atom is -0.380 e. The van der Waals surface area contributed by atoms with Gasteiger partial charge in [-0.25, -0.2) is 0 Å². The van der Waals surface area contributed by atoms with E-state index in [9.17, 15) is 9.59 Å². The van der Waals surface area contributed by atoms with Crippen LogP contribution in [0.5, 0.6) is 0 Å². The Balaban J connectivity index is 1.62. The van der Waals surface area contributed by atoms with Gasteiger partial charge in [-0.15, -0.1) is 10.2 Å². The lowest BCUT2D eigenvalue weighted by Gasteiger charge is -2.18. The molecule has 1 aliphatic heterocycles. The number of primary amides is 1. The molecule has 29 heavy (non-hydrogen) atoms. The first kappa shape index (κ1) is 17.6. The highest BCUT2D eigenvalue weighted by molar-refractivity contribution is 6.07. The third-order valence-corrected chi connectivity index (χ3v) is 5.77. The molecule has 2 amide bonds. The number of rotatable bonds is 5. The maximum Gasteiger partial charge on any atom is 0.271 e. The number of nitrogens with zero attached hydrogens (tertiary/aromatic N) is 2. The summed E-state index contributed by atoms with van der Waals surface area (Å²) < 4.78 is 0. The number of para-hydroxylation sites is 1. The van der Waals surface area contributed by atoms with Crippen LogP contribution in [0, 0.1) is 5.92 Å². The lowest BCUT2D eigenvalue weighted by atomic mass is 9.98. The minimum absolute atomic E-state index is 0.000296. The number of aromatic nitrogens is 2. The highest BCUT2D eigenvalue weighted by Gasteiger charge is 2.29. The van der Waals surface area contributed by atoms with Gasteiger partial charge in [0.15, 0.2) is 5.69 Å². The lowest BCUT2D eigenvalue weighted by molar-refractivity contribution is -0.115. The highest BCUT2D eigenvalue weighted by Crippen LogP contribution is 2.38. The Labute approximate surface area is 167 Å². The topological polar surface area (TPSA) is 110 Å². The van der Waals surface area contributed by atoms with Gasteiger partial charge in [0.25, 0.3) is 5.91 Å². The van der Waals surface area contributed by atoms with E-state index >= 15 is 0 Å². The number of carbonyl (C=O) groups is 2. The number of nitrogens with two attached hydrogens (primary N) is 1. The second-order valence-electron chi connectivity index (χ2n) is 7.85. The number of anilines is 2. The standard InChI is InChI=1S/C22H21N5O2/c1-11(12-5-6-12)24-20-16-8-7-13(9-17(16)26-27-21(20)22(23)29)15-4-2-3-14-10-18(28)25-19(14)15/h2-4,7-9,11-12H,5-6,10H2,1H3,(H2,23,29)(H,24,26)(H,25,28). The summed E-state index contributed by atoms with van der Waals surface area (Å²) in [5.74, 6) is 0.00554. The predicted molar refractivity (Wildman–Crippen MR) is 112 cm³/mol. The summed E-state index contributed by atoms with van der Waals surface area (Å²) in [5, 5.41) is 15.5. The molecule has 2 aliphatic rings. The summed E-state index contributed by atoms with van der Waals surface area (Å²) in [6.45, 7) is 2.11. The van der Waals surface area contributed by atoms with Crippen LogP contribution in [0.2, 0.25) is 0 Å². The molecule has 1 fully saturated rings.